The van der Waals surface area contributed by atoms with Crippen molar-refractivity contribution in [3.8, 4) is 0 Å². The summed E-state index contributed by atoms with van der Waals surface area (Å²) in [5, 5.41) is 3.11. The summed E-state index contributed by atoms with van der Waals surface area (Å²) in [6.45, 7) is 12.5. The van der Waals surface area contributed by atoms with Crippen LogP contribution in [0.4, 0.5) is 5.69 Å². The molecule has 0 radical (unpaired) electrons. The quantitative estimate of drug-likeness (QED) is 0.740. The van der Waals surface area contributed by atoms with Crippen molar-refractivity contribution < 1.29 is 4.79 Å². The van der Waals surface area contributed by atoms with Crippen LogP contribution in [0.5, 0.6) is 0 Å². The maximum atomic E-state index is 12.5. The van der Waals surface area contributed by atoms with Crippen molar-refractivity contribution in [2.24, 2.45) is 0 Å². The van der Waals surface area contributed by atoms with E-state index in [1.54, 1.807) is 0 Å². The van der Waals surface area contributed by atoms with Gasteiger partial charge in [0.2, 0.25) is 5.91 Å². The zero-order valence-corrected chi connectivity index (χ0v) is 16.8. The molecule has 2 rings (SSSR count). The van der Waals surface area contributed by atoms with Gasteiger partial charge in [-0.05, 0) is 36.5 Å². The number of nitrogens with one attached hydrogen (secondary N) is 1. The SMILES string of the molecule is CC(C)N(CCC(=O)Nc1ccccc1C(C)(C)C)Cc1ccccc1. The molecule has 2 aromatic carbocycles. The zero-order chi connectivity index (χ0) is 19.2. The molecule has 26 heavy (non-hydrogen) atoms. The number of hydrogen-bond donors (Lipinski definition) is 1. The lowest BCUT2D eigenvalue weighted by Crippen LogP contribution is -2.33. The van der Waals surface area contributed by atoms with Gasteiger partial charge in [0.25, 0.3) is 0 Å². The molecule has 3 heteroatoms. The molecule has 0 fully saturated rings. The first-order valence-corrected chi connectivity index (χ1v) is 9.44. The molecule has 2 aromatic rings. The molecule has 0 unspecified atom stereocenters. The summed E-state index contributed by atoms with van der Waals surface area (Å²) in [6, 6.07) is 18.9. The highest BCUT2D eigenvalue weighted by Crippen LogP contribution is 2.29. The number of para-hydroxylation sites is 1. The lowest BCUT2D eigenvalue weighted by Gasteiger charge is -2.27. The van der Waals surface area contributed by atoms with Crippen LogP contribution in [-0.4, -0.2) is 23.4 Å². The molecule has 0 aliphatic carbocycles. The van der Waals surface area contributed by atoms with Crippen molar-refractivity contribution in [1.82, 2.24) is 4.90 Å². The van der Waals surface area contributed by atoms with Gasteiger partial charge in [-0.1, -0.05) is 69.3 Å². The van der Waals surface area contributed by atoms with Crippen LogP contribution in [-0.2, 0) is 16.8 Å². The highest BCUT2D eigenvalue weighted by Gasteiger charge is 2.19. The van der Waals surface area contributed by atoms with E-state index < -0.39 is 0 Å². The average molecular weight is 353 g/mol. The predicted molar refractivity (Wildman–Crippen MR) is 110 cm³/mol. The minimum Gasteiger partial charge on any atom is -0.326 e. The van der Waals surface area contributed by atoms with Crippen LogP contribution in [0.1, 0.15) is 52.2 Å². The van der Waals surface area contributed by atoms with Gasteiger partial charge in [-0.15, -0.1) is 0 Å². The Labute approximate surface area is 158 Å². The molecular weight excluding hydrogens is 320 g/mol. The van der Waals surface area contributed by atoms with Crippen molar-refractivity contribution >= 4 is 11.6 Å². The molecular formula is C23H32N2O. The van der Waals surface area contributed by atoms with E-state index in [-0.39, 0.29) is 11.3 Å². The Morgan fingerprint density at radius 1 is 1.00 bits per heavy atom. The van der Waals surface area contributed by atoms with Gasteiger partial charge in [0.1, 0.15) is 0 Å². The highest BCUT2D eigenvalue weighted by molar-refractivity contribution is 5.91. The van der Waals surface area contributed by atoms with E-state index in [1.807, 2.05) is 24.3 Å². The number of hydrogen-bond acceptors (Lipinski definition) is 2. The smallest absolute Gasteiger partial charge is 0.225 e. The van der Waals surface area contributed by atoms with Crippen LogP contribution in [0.3, 0.4) is 0 Å². The standard InChI is InChI=1S/C23H32N2O/c1-18(2)25(17-19-11-7-6-8-12-19)16-15-22(26)24-21-14-10-9-13-20(21)23(3,4)5/h6-14,18H,15-17H2,1-5H3,(H,24,26). The van der Waals surface area contributed by atoms with Gasteiger partial charge in [-0.3, -0.25) is 9.69 Å². The first-order valence-electron chi connectivity index (χ1n) is 9.44. The number of anilines is 1. The van der Waals surface area contributed by atoms with Gasteiger partial charge in [-0.2, -0.15) is 0 Å². The van der Waals surface area contributed by atoms with Gasteiger partial charge in [0.05, 0.1) is 0 Å². The van der Waals surface area contributed by atoms with Crippen molar-refractivity contribution in [3.63, 3.8) is 0 Å². The van der Waals surface area contributed by atoms with Crippen LogP contribution in [0, 0.1) is 0 Å². The summed E-state index contributed by atoms with van der Waals surface area (Å²) in [5.74, 6) is 0.0698. The fourth-order valence-electron chi connectivity index (χ4n) is 3.04. The second-order valence-corrected chi connectivity index (χ2v) is 8.14. The van der Waals surface area contributed by atoms with Crippen LogP contribution < -0.4 is 5.32 Å². The molecule has 0 spiro atoms. The monoisotopic (exact) mass is 352 g/mol. The molecule has 0 atom stereocenters. The molecule has 0 heterocycles. The number of carbonyl (C=O) groups excluding carboxylic acids is 1. The van der Waals surface area contributed by atoms with Crippen molar-refractivity contribution in [2.45, 2.75) is 59.0 Å². The van der Waals surface area contributed by atoms with Crippen molar-refractivity contribution in [3.05, 3.63) is 65.7 Å². The lowest BCUT2D eigenvalue weighted by atomic mass is 9.86. The van der Waals surface area contributed by atoms with Crippen LogP contribution >= 0.6 is 0 Å². The van der Waals surface area contributed by atoms with E-state index in [4.69, 9.17) is 0 Å². The van der Waals surface area contributed by atoms with Crippen molar-refractivity contribution in [2.75, 3.05) is 11.9 Å². The zero-order valence-electron chi connectivity index (χ0n) is 16.8. The maximum Gasteiger partial charge on any atom is 0.225 e. The molecule has 0 saturated carbocycles. The summed E-state index contributed by atoms with van der Waals surface area (Å²) >= 11 is 0. The second kappa shape index (κ2) is 9.00. The molecule has 1 amide bonds. The van der Waals surface area contributed by atoms with Gasteiger partial charge in [-0.25, -0.2) is 0 Å². The van der Waals surface area contributed by atoms with E-state index >= 15 is 0 Å². The third-order valence-corrected chi connectivity index (χ3v) is 4.59. The normalized spacial score (nSPS) is 11.8. The minimum absolute atomic E-state index is 0.00114. The number of carbonyl (C=O) groups is 1. The summed E-state index contributed by atoms with van der Waals surface area (Å²) < 4.78 is 0. The Bertz CT molecular complexity index is 702. The summed E-state index contributed by atoms with van der Waals surface area (Å²) in [4.78, 5) is 14.9. The molecule has 0 aromatic heterocycles. The Morgan fingerprint density at radius 2 is 1.62 bits per heavy atom. The third-order valence-electron chi connectivity index (χ3n) is 4.59. The van der Waals surface area contributed by atoms with Crippen LogP contribution in [0.2, 0.25) is 0 Å². The molecule has 0 aliphatic rings. The van der Waals surface area contributed by atoms with E-state index in [2.05, 4.69) is 75.2 Å². The minimum atomic E-state index is 0.00114. The molecule has 0 aliphatic heterocycles. The molecule has 3 nitrogen and oxygen atoms in total. The maximum absolute atomic E-state index is 12.5. The fraction of sp³-hybridized carbons (Fsp3) is 0.435. The average Bonchev–Trinajstić information content (AvgIpc) is 2.58. The number of rotatable bonds is 7. The lowest BCUT2D eigenvalue weighted by molar-refractivity contribution is -0.116. The second-order valence-electron chi connectivity index (χ2n) is 8.14. The van der Waals surface area contributed by atoms with E-state index in [0.29, 0.717) is 12.5 Å². The number of nitrogens with zero attached hydrogens (tertiary/aromatic N) is 1. The highest BCUT2D eigenvalue weighted by atomic mass is 16.1. The largest absolute Gasteiger partial charge is 0.326 e. The van der Waals surface area contributed by atoms with Crippen LogP contribution in [0.15, 0.2) is 54.6 Å². The van der Waals surface area contributed by atoms with E-state index in [1.165, 1.54) is 11.1 Å². The Kier molecular flexibility index (Phi) is 6.98. The molecule has 0 saturated heterocycles. The summed E-state index contributed by atoms with van der Waals surface area (Å²) in [6.07, 6.45) is 0.490. The van der Waals surface area contributed by atoms with Gasteiger partial charge in [0.15, 0.2) is 0 Å². The Hall–Kier alpha value is -2.13. The van der Waals surface area contributed by atoms with Gasteiger partial charge >= 0.3 is 0 Å². The number of benzene rings is 2. The predicted octanol–water partition coefficient (Wildman–Crippen LogP) is 5.22. The van der Waals surface area contributed by atoms with Gasteiger partial charge in [0, 0.05) is 31.2 Å². The topological polar surface area (TPSA) is 32.3 Å². The Morgan fingerprint density at radius 3 is 2.23 bits per heavy atom. The summed E-state index contributed by atoms with van der Waals surface area (Å²) in [7, 11) is 0. The summed E-state index contributed by atoms with van der Waals surface area (Å²) in [5.41, 5.74) is 3.36. The Balaban J connectivity index is 1.97. The molecule has 140 valence electrons. The first kappa shape index (κ1) is 20.2. The third kappa shape index (κ3) is 5.99. The van der Waals surface area contributed by atoms with Crippen LogP contribution in [0.25, 0.3) is 0 Å². The van der Waals surface area contributed by atoms with E-state index in [0.717, 1.165) is 18.8 Å². The fourth-order valence-corrected chi connectivity index (χ4v) is 3.04. The van der Waals surface area contributed by atoms with E-state index in [9.17, 15) is 4.79 Å². The molecule has 0 bridgehead atoms. The number of amides is 1. The van der Waals surface area contributed by atoms with Gasteiger partial charge < -0.3 is 5.32 Å². The first-order chi connectivity index (χ1) is 12.3. The van der Waals surface area contributed by atoms with Crippen molar-refractivity contribution in [1.29, 1.82) is 0 Å². The molecule has 1 N–H and O–H groups in total.